The van der Waals surface area contributed by atoms with E-state index in [0.29, 0.717) is 5.75 Å². The molecule has 1 unspecified atom stereocenters. The molecule has 88 valence electrons. The van der Waals surface area contributed by atoms with Gasteiger partial charge in [0.2, 0.25) is 0 Å². The highest BCUT2D eigenvalue weighted by Crippen LogP contribution is 2.14. The Morgan fingerprint density at radius 3 is 2.18 bits per heavy atom. The van der Waals surface area contributed by atoms with Gasteiger partial charge in [0.25, 0.3) is 0 Å². The Bertz CT molecular complexity index is 517. The summed E-state index contributed by atoms with van der Waals surface area (Å²) in [4.78, 5) is 0.868. The van der Waals surface area contributed by atoms with Gasteiger partial charge in [-0.2, -0.15) is 0 Å². The molecular weight excluding hydrogens is 230 g/mol. The molecule has 17 heavy (non-hydrogen) atoms. The topological polar surface area (TPSA) is 43.1 Å². The van der Waals surface area contributed by atoms with Crippen LogP contribution in [0.4, 0.5) is 5.69 Å². The van der Waals surface area contributed by atoms with Gasteiger partial charge in [-0.1, -0.05) is 29.8 Å². The molecule has 2 N–H and O–H groups in total. The lowest BCUT2D eigenvalue weighted by molar-refractivity contribution is 0.682. The van der Waals surface area contributed by atoms with Crippen molar-refractivity contribution in [3.8, 4) is 0 Å². The monoisotopic (exact) mass is 245 g/mol. The molecule has 0 saturated carbocycles. The molecule has 2 aromatic carbocycles. The number of nitrogens with two attached hydrogens (primary N) is 1. The summed E-state index contributed by atoms with van der Waals surface area (Å²) in [6.45, 7) is 2.02. The molecule has 2 aromatic rings. The summed E-state index contributed by atoms with van der Waals surface area (Å²) in [5.41, 5.74) is 8.56. The highest BCUT2D eigenvalue weighted by Gasteiger charge is 2.04. The number of rotatable bonds is 3. The molecule has 0 bridgehead atoms. The van der Waals surface area contributed by atoms with Gasteiger partial charge >= 0.3 is 0 Å². The van der Waals surface area contributed by atoms with E-state index in [-0.39, 0.29) is 0 Å². The summed E-state index contributed by atoms with van der Waals surface area (Å²) in [5.74, 6) is 0.531. The van der Waals surface area contributed by atoms with Gasteiger partial charge in [0, 0.05) is 10.6 Å². The Labute approximate surface area is 104 Å². The number of benzene rings is 2. The quantitative estimate of drug-likeness (QED) is 0.845. The molecule has 0 aliphatic heterocycles. The Balaban J connectivity index is 2.11. The average molecular weight is 245 g/mol. The van der Waals surface area contributed by atoms with Crippen molar-refractivity contribution < 1.29 is 4.21 Å². The van der Waals surface area contributed by atoms with E-state index in [9.17, 15) is 4.21 Å². The third-order valence-electron chi connectivity index (χ3n) is 2.56. The Morgan fingerprint density at radius 2 is 1.59 bits per heavy atom. The third kappa shape index (κ3) is 3.17. The Morgan fingerprint density at radius 1 is 1.00 bits per heavy atom. The van der Waals surface area contributed by atoms with Gasteiger partial charge in [-0.3, -0.25) is 4.21 Å². The second-order valence-corrected chi connectivity index (χ2v) is 5.50. The molecule has 0 aromatic heterocycles. The maximum atomic E-state index is 12.1. The van der Waals surface area contributed by atoms with E-state index in [1.54, 1.807) is 0 Å². The van der Waals surface area contributed by atoms with E-state index in [4.69, 9.17) is 5.73 Å². The van der Waals surface area contributed by atoms with Crippen molar-refractivity contribution in [3.63, 3.8) is 0 Å². The molecule has 2 nitrogen and oxygen atoms in total. The standard InChI is InChI=1S/C14H15NOS/c1-11-2-8-14(9-3-11)17(16)10-12-4-6-13(15)7-5-12/h2-9H,10,15H2,1H3. The van der Waals surface area contributed by atoms with Crippen LogP contribution in [-0.4, -0.2) is 4.21 Å². The van der Waals surface area contributed by atoms with Crippen LogP contribution < -0.4 is 5.73 Å². The second kappa shape index (κ2) is 5.15. The zero-order valence-corrected chi connectivity index (χ0v) is 10.5. The van der Waals surface area contributed by atoms with Crippen LogP contribution in [0.1, 0.15) is 11.1 Å². The fourth-order valence-electron chi connectivity index (χ4n) is 1.54. The van der Waals surface area contributed by atoms with Gasteiger partial charge in [-0.25, -0.2) is 0 Å². The van der Waals surface area contributed by atoms with E-state index in [2.05, 4.69) is 0 Å². The minimum absolute atomic E-state index is 0.531. The molecular formula is C14H15NOS. The Hall–Kier alpha value is -1.61. The summed E-state index contributed by atoms with van der Waals surface area (Å²) < 4.78 is 12.1. The molecule has 0 amide bonds. The number of anilines is 1. The molecule has 3 heteroatoms. The van der Waals surface area contributed by atoms with Crippen molar-refractivity contribution in [3.05, 3.63) is 59.7 Å². The SMILES string of the molecule is Cc1ccc(S(=O)Cc2ccc(N)cc2)cc1. The molecule has 0 heterocycles. The van der Waals surface area contributed by atoms with Crippen LogP contribution >= 0.6 is 0 Å². The van der Waals surface area contributed by atoms with Gasteiger partial charge in [0.1, 0.15) is 0 Å². The summed E-state index contributed by atoms with van der Waals surface area (Å²) >= 11 is 0. The maximum absolute atomic E-state index is 12.1. The number of hydrogen-bond acceptors (Lipinski definition) is 2. The van der Waals surface area contributed by atoms with E-state index < -0.39 is 10.8 Å². The predicted molar refractivity (Wildman–Crippen MR) is 72.1 cm³/mol. The highest BCUT2D eigenvalue weighted by atomic mass is 32.2. The van der Waals surface area contributed by atoms with E-state index in [0.717, 1.165) is 16.1 Å². The minimum Gasteiger partial charge on any atom is -0.399 e. The van der Waals surface area contributed by atoms with Crippen LogP contribution in [0, 0.1) is 6.92 Å². The zero-order valence-electron chi connectivity index (χ0n) is 9.72. The fourth-order valence-corrected chi connectivity index (χ4v) is 2.64. The molecule has 0 saturated heterocycles. The first-order valence-electron chi connectivity index (χ1n) is 5.44. The summed E-state index contributed by atoms with van der Waals surface area (Å²) in [5, 5.41) is 0. The molecule has 0 fully saturated rings. The number of nitrogen functional groups attached to an aromatic ring is 1. The molecule has 0 radical (unpaired) electrons. The van der Waals surface area contributed by atoms with Crippen LogP contribution in [-0.2, 0) is 16.6 Å². The van der Waals surface area contributed by atoms with Gasteiger partial charge < -0.3 is 5.73 Å². The van der Waals surface area contributed by atoms with E-state index >= 15 is 0 Å². The predicted octanol–water partition coefficient (Wildman–Crippen LogP) is 2.89. The van der Waals surface area contributed by atoms with E-state index in [1.807, 2.05) is 55.5 Å². The molecule has 2 rings (SSSR count). The lowest BCUT2D eigenvalue weighted by Gasteiger charge is -2.03. The second-order valence-electron chi connectivity index (χ2n) is 4.04. The first-order chi connectivity index (χ1) is 8.15. The summed E-state index contributed by atoms with van der Waals surface area (Å²) in [6, 6.07) is 15.3. The van der Waals surface area contributed by atoms with Crippen molar-refractivity contribution >= 4 is 16.5 Å². The minimum atomic E-state index is -0.990. The first-order valence-corrected chi connectivity index (χ1v) is 6.76. The van der Waals surface area contributed by atoms with Crippen molar-refractivity contribution in [2.24, 2.45) is 0 Å². The molecule has 0 spiro atoms. The molecule has 1 atom stereocenters. The number of hydrogen-bond donors (Lipinski definition) is 1. The lowest BCUT2D eigenvalue weighted by Crippen LogP contribution is -1.96. The maximum Gasteiger partial charge on any atom is 0.0574 e. The summed E-state index contributed by atoms with van der Waals surface area (Å²) in [7, 11) is -0.990. The first kappa shape index (κ1) is 11.9. The van der Waals surface area contributed by atoms with E-state index in [1.165, 1.54) is 5.56 Å². The lowest BCUT2D eigenvalue weighted by atomic mass is 10.2. The molecule has 0 aliphatic rings. The number of aryl methyl sites for hydroxylation is 1. The van der Waals surface area contributed by atoms with Crippen molar-refractivity contribution in [2.75, 3.05) is 5.73 Å². The van der Waals surface area contributed by atoms with Gasteiger partial charge in [0.15, 0.2) is 0 Å². The fraction of sp³-hybridized carbons (Fsp3) is 0.143. The zero-order chi connectivity index (χ0) is 12.3. The van der Waals surface area contributed by atoms with Gasteiger partial charge in [0.05, 0.1) is 16.6 Å². The average Bonchev–Trinajstić information content (AvgIpc) is 2.33. The highest BCUT2D eigenvalue weighted by molar-refractivity contribution is 7.84. The molecule has 0 aliphatic carbocycles. The van der Waals surface area contributed by atoms with Crippen LogP contribution in [0.15, 0.2) is 53.4 Å². The third-order valence-corrected chi connectivity index (χ3v) is 3.95. The largest absolute Gasteiger partial charge is 0.399 e. The van der Waals surface area contributed by atoms with Crippen molar-refractivity contribution in [1.82, 2.24) is 0 Å². The Kier molecular flexibility index (Phi) is 3.59. The normalized spacial score (nSPS) is 12.3. The van der Waals surface area contributed by atoms with Crippen LogP contribution in [0.3, 0.4) is 0 Å². The van der Waals surface area contributed by atoms with Gasteiger partial charge in [-0.15, -0.1) is 0 Å². The van der Waals surface area contributed by atoms with Crippen molar-refractivity contribution in [2.45, 2.75) is 17.6 Å². The summed E-state index contributed by atoms with van der Waals surface area (Å²) in [6.07, 6.45) is 0. The van der Waals surface area contributed by atoms with Crippen LogP contribution in [0.2, 0.25) is 0 Å². The smallest absolute Gasteiger partial charge is 0.0574 e. The van der Waals surface area contributed by atoms with Crippen LogP contribution in [0.25, 0.3) is 0 Å². The van der Waals surface area contributed by atoms with Crippen LogP contribution in [0.5, 0.6) is 0 Å². The van der Waals surface area contributed by atoms with Crippen molar-refractivity contribution in [1.29, 1.82) is 0 Å². The van der Waals surface area contributed by atoms with Gasteiger partial charge in [-0.05, 0) is 36.8 Å².